The molecule has 184 valence electrons. The first kappa shape index (κ1) is 26.9. The Labute approximate surface area is 198 Å². The molecule has 2 aromatic rings. The van der Waals surface area contributed by atoms with Crippen molar-refractivity contribution < 1.29 is 14.5 Å². The van der Waals surface area contributed by atoms with Crippen molar-refractivity contribution in [1.29, 1.82) is 0 Å². The molecule has 0 unspecified atom stereocenters. The number of H-pyrrole nitrogens is 1. The molecule has 0 atom stereocenters. The summed E-state index contributed by atoms with van der Waals surface area (Å²) in [4.78, 5) is 25.6. The third kappa shape index (κ3) is 10.9. The van der Waals surface area contributed by atoms with E-state index in [1.807, 2.05) is 0 Å². The lowest BCUT2D eigenvalue weighted by Crippen LogP contribution is -2.06. The van der Waals surface area contributed by atoms with Gasteiger partial charge in [-0.2, -0.15) is 0 Å². The van der Waals surface area contributed by atoms with Gasteiger partial charge in [-0.15, -0.1) is 0 Å². The maximum Gasteiger partial charge on any atom is 0.354 e. The van der Waals surface area contributed by atoms with Crippen molar-refractivity contribution in [3.63, 3.8) is 0 Å². The van der Waals surface area contributed by atoms with Crippen molar-refractivity contribution in [2.24, 2.45) is 0 Å². The molecule has 0 saturated heterocycles. The van der Waals surface area contributed by atoms with Gasteiger partial charge in [0.25, 0.3) is 5.69 Å². The van der Waals surface area contributed by atoms with Crippen LogP contribution >= 0.6 is 0 Å². The Balaban J connectivity index is 1.42. The highest BCUT2D eigenvalue weighted by Gasteiger charge is 2.13. The number of aromatic nitrogens is 1. The van der Waals surface area contributed by atoms with Crippen LogP contribution in [0.1, 0.15) is 120 Å². The highest BCUT2D eigenvalue weighted by Crippen LogP contribution is 2.22. The molecule has 0 spiro atoms. The Hall–Kier alpha value is -2.37. The first-order valence-corrected chi connectivity index (χ1v) is 13.1. The van der Waals surface area contributed by atoms with Crippen molar-refractivity contribution >= 4 is 22.6 Å². The molecule has 2 rings (SSSR count). The van der Waals surface area contributed by atoms with Crippen LogP contribution in [-0.2, 0) is 4.74 Å². The highest BCUT2D eigenvalue weighted by molar-refractivity contribution is 5.95. The van der Waals surface area contributed by atoms with Crippen LogP contribution < -0.4 is 0 Å². The Bertz CT molecular complexity index is 831. The third-order valence-corrected chi connectivity index (χ3v) is 6.27. The molecule has 6 heteroatoms. The van der Waals surface area contributed by atoms with E-state index >= 15 is 0 Å². The van der Waals surface area contributed by atoms with Crippen molar-refractivity contribution in [3.05, 3.63) is 40.1 Å². The van der Waals surface area contributed by atoms with E-state index in [0.717, 1.165) is 12.8 Å². The van der Waals surface area contributed by atoms with Gasteiger partial charge in [0.1, 0.15) is 5.69 Å². The Morgan fingerprint density at radius 1 is 0.818 bits per heavy atom. The highest BCUT2D eigenvalue weighted by atomic mass is 16.6. The molecule has 0 fully saturated rings. The van der Waals surface area contributed by atoms with Gasteiger partial charge in [-0.1, -0.05) is 103 Å². The van der Waals surface area contributed by atoms with Gasteiger partial charge < -0.3 is 9.72 Å². The van der Waals surface area contributed by atoms with Gasteiger partial charge in [0.15, 0.2) is 0 Å². The van der Waals surface area contributed by atoms with Gasteiger partial charge in [-0.05, 0) is 18.6 Å². The summed E-state index contributed by atoms with van der Waals surface area (Å²) in [7, 11) is 0. The lowest BCUT2D eigenvalue weighted by Gasteiger charge is -2.04. The summed E-state index contributed by atoms with van der Waals surface area (Å²) in [5, 5.41) is 11.5. The predicted octanol–water partition coefficient (Wildman–Crippen LogP) is 8.49. The SMILES string of the molecule is CCCCCCCCCCCCCCCCCCOC(=O)c1cc2cc([N+](=O)[O-])ccc2[nH]1. The molecule has 1 N–H and O–H groups in total. The number of unbranched alkanes of at least 4 members (excludes halogenated alkanes) is 15. The average molecular weight is 459 g/mol. The van der Waals surface area contributed by atoms with Crippen molar-refractivity contribution in [3.8, 4) is 0 Å². The van der Waals surface area contributed by atoms with E-state index in [1.165, 1.54) is 102 Å². The fourth-order valence-electron chi connectivity index (χ4n) is 4.24. The number of esters is 1. The Kier molecular flexibility index (Phi) is 13.3. The van der Waals surface area contributed by atoms with Crippen LogP contribution in [0.2, 0.25) is 0 Å². The number of ether oxygens (including phenoxy) is 1. The van der Waals surface area contributed by atoms with Gasteiger partial charge >= 0.3 is 5.97 Å². The zero-order valence-corrected chi connectivity index (χ0v) is 20.4. The van der Waals surface area contributed by atoms with E-state index in [9.17, 15) is 14.9 Å². The minimum atomic E-state index is -0.443. The summed E-state index contributed by atoms with van der Waals surface area (Å²) in [5.74, 6) is -0.408. The molecule has 0 bridgehead atoms. The molecule has 0 aliphatic heterocycles. The second-order valence-electron chi connectivity index (χ2n) is 9.15. The minimum Gasteiger partial charge on any atom is -0.461 e. The number of nitro groups is 1. The van der Waals surface area contributed by atoms with Crippen LogP contribution in [0.4, 0.5) is 5.69 Å². The number of nitrogens with one attached hydrogen (secondary N) is 1. The van der Waals surface area contributed by atoms with E-state index in [2.05, 4.69) is 11.9 Å². The summed E-state index contributed by atoms with van der Waals surface area (Å²) >= 11 is 0. The lowest BCUT2D eigenvalue weighted by molar-refractivity contribution is -0.384. The van der Waals surface area contributed by atoms with Crippen molar-refractivity contribution in [2.45, 2.75) is 110 Å². The van der Waals surface area contributed by atoms with Gasteiger partial charge in [-0.3, -0.25) is 10.1 Å². The second kappa shape index (κ2) is 16.3. The van der Waals surface area contributed by atoms with Crippen LogP contribution in [0.3, 0.4) is 0 Å². The zero-order chi connectivity index (χ0) is 23.7. The van der Waals surface area contributed by atoms with E-state index in [1.54, 1.807) is 12.1 Å². The molecule has 0 radical (unpaired) electrons. The molecule has 1 aromatic heterocycles. The number of nitro benzene ring substituents is 1. The molecular formula is C27H42N2O4. The standard InChI is InChI=1S/C27H42N2O4/c1-2-3-4-5-6-7-8-9-10-11-12-13-14-15-16-17-20-33-27(30)26-22-23-21-24(29(31)32)18-19-25(23)28-26/h18-19,21-22,28H,2-17,20H2,1H3. The first-order valence-electron chi connectivity index (χ1n) is 13.1. The largest absolute Gasteiger partial charge is 0.461 e. The minimum absolute atomic E-state index is 0.00887. The number of rotatable bonds is 19. The van der Waals surface area contributed by atoms with Crippen LogP contribution in [0.25, 0.3) is 10.9 Å². The number of non-ortho nitro benzene ring substituents is 1. The van der Waals surface area contributed by atoms with E-state index < -0.39 is 10.9 Å². The number of carbonyl (C=O) groups is 1. The molecular weight excluding hydrogens is 416 g/mol. The zero-order valence-electron chi connectivity index (χ0n) is 20.4. The molecule has 0 aliphatic carbocycles. The summed E-state index contributed by atoms with van der Waals surface area (Å²) in [5.41, 5.74) is 1.03. The second-order valence-corrected chi connectivity index (χ2v) is 9.15. The summed E-state index contributed by atoms with van der Waals surface area (Å²) in [6, 6.07) is 6.10. The normalized spacial score (nSPS) is 11.2. The maximum atomic E-state index is 12.2. The van der Waals surface area contributed by atoms with Gasteiger partial charge in [0.05, 0.1) is 11.5 Å². The average Bonchev–Trinajstić information content (AvgIpc) is 3.24. The molecule has 6 nitrogen and oxygen atoms in total. The molecule has 0 amide bonds. The van der Waals surface area contributed by atoms with Gasteiger partial charge in [-0.25, -0.2) is 4.79 Å². The molecule has 1 aromatic carbocycles. The van der Waals surface area contributed by atoms with E-state index in [4.69, 9.17) is 4.74 Å². The van der Waals surface area contributed by atoms with Gasteiger partial charge in [0, 0.05) is 23.0 Å². The first-order chi connectivity index (χ1) is 16.1. The number of fused-ring (bicyclic) bond motifs is 1. The van der Waals surface area contributed by atoms with E-state index in [0.29, 0.717) is 23.2 Å². The van der Waals surface area contributed by atoms with Crippen molar-refractivity contribution in [1.82, 2.24) is 4.98 Å². The number of carbonyl (C=O) groups excluding carboxylic acids is 1. The predicted molar refractivity (Wildman–Crippen MR) is 135 cm³/mol. The number of hydrogen-bond acceptors (Lipinski definition) is 4. The van der Waals surface area contributed by atoms with Crippen LogP contribution in [0, 0.1) is 10.1 Å². The molecule has 0 saturated carbocycles. The lowest BCUT2D eigenvalue weighted by atomic mass is 10.0. The van der Waals surface area contributed by atoms with Crippen molar-refractivity contribution in [2.75, 3.05) is 6.61 Å². The topological polar surface area (TPSA) is 85.2 Å². The summed E-state index contributed by atoms with van der Waals surface area (Å²) in [6.45, 7) is 2.68. The van der Waals surface area contributed by atoms with E-state index in [-0.39, 0.29) is 5.69 Å². The van der Waals surface area contributed by atoms with Crippen LogP contribution in [-0.4, -0.2) is 22.5 Å². The van der Waals surface area contributed by atoms with Gasteiger partial charge in [0.2, 0.25) is 0 Å². The molecule has 1 heterocycles. The molecule has 33 heavy (non-hydrogen) atoms. The fourth-order valence-corrected chi connectivity index (χ4v) is 4.24. The fraction of sp³-hybridized carbons (Fsp3) is 0.667. The third-order valence-electron chi connectivity index (χ3n) is 6.27. The quantitative estimate of drug-likeness (QED) is 0.0989. The monoisotopic (exact) mass is 458 g/mol. The van der Waals surface area contributed by atoms with Crippen LogP contribution in [0.5, 0.6) is 0 Å². The number of nitrogens with zero attached hydrogens (tertiary/aromatic N) is 1. The maximum absolute atomic E-state index is 12.2. The number of benzene rings is 1. The number of aromatic amines is 1. The molecule has 0 aliphatic rings. The summed E-state index contributed by atoms with van der Waals surface area (Å²) < 4.78 is 5.35. The summed E-state index contributed by atoms with van der Waals surface area (Å²) in [6.07, 6.45) is 21.0. The smallest absolute Gasteiger partial charge is 0.354 e. The van der Waals surface area contributed by atoms with Crippen LogP contribution in [0.15, 0.2) is 24.3 Å². The number of hydrogen-bond donors (Lipinski definition) is 1. The Morgan fingerprint density at radius 2 is 1.33 bits per heavy atom. The Morgan fingerprint density at radius 3 is 1.85 bits per heavy atom.